The van der Waals surface area contributed by atoms with Crippen LogP contribution in [0.25, 0.3) is 0 Å². The molecular weight excluding hydrogens is 148 g/mol. The quantitative estimate of drug-likeness (QED) is 0.495. The van der Waals surface area contributed by atoms with Gasteiger partial charge in [0, 0.05) is 5.92 Å². The summed E-state index contributed by atoms with van der Waals surface area (Å²) in [6.45, 7) is 4.30. The van der Waals surface area contributed by atoms with Crippen LogP contribution in [-0.4, -0.2) is 5.78 Å². The van der Waals surface area contributed by atoms with Crippen molar-refractivity contribution in [3.05, 3.63) is 23.3 Å². The minimum absolute atomic E-state index is 0.144. The first kappa shape index (κ1) is 6.64. The molecule has 0 aromatic carbocycles. The summed E-state index contributed by atoms with van der Waals surface area (Å²) in [5, 5.41) is 0. The molecule has 0 radical (unpaired) electrons. The third kappa shape index (κ3) is 0.521. The number of rotatable bonds is 0. The molecule has 1 saturated carbocycles. The van der Waals surface area contributed by atoms with Crippen molar-refractivity contribution < 1.29 is 4.79 Å². The lowest BCUT2D eigenvalue weighted by Gasteiger charge is -2.20. The maximum Gasteiger partial charge on any atom is 0.148 e. The summed E-state index contributed by atoms with van der Waals surface area (Å²) in [4.78, 5) is 11.7. The van der Waals surface area contributed by atoms with Crippen LogP contribution >= 0.6 is 0 Å². The highest BCUT2D eigenvalue weighted by Gasteiger charge is 2.60. The van der Waals surface area contributed by atoms with Gasteiger partial charge in [-0.05, 0) is 25.7 Å². The highest BCUT2D eigenvalue weighted by molar-refractivity contribution is 5.94. The molecule has 3 aliphatic carbocycles. The minimum Gasteiger partial charge on any atom is -0.298 e. The zero-order chi connectivity index (χ0) is 8.46. The van der Waals surface area contributed by atoms with Gasteiger partial charge in [0.2, 0.25) is 0 Å². The molecule has 0 aromatic rings. The first-order valence-corrected chi connectivity index (χ1v) is 4.61. The highest BCUT2D eigenvalue weighted by Crippen LogP contribution is 2.60. The van der Waals surface area contributed by atoms with Crippen LogP contribution in [0.15, 0.2) is 23.3 Å². The van der Waals surface area contributed by atoms with Gasteiger partial charge < -0.3 is 0 Å². The van der Waals surface area contributed by atoms with E-state index >= 15 is 0 Å². The average molecular weight is 160 g/mol. The molecular formula is C11H12O. The Hall–Kier alpha value is -0.850. The number of fused-ring (bicyclic) bond motifs is 2. The first-order chi connectivity index (χ1) is 5.72. The van der Waals surface area contributed by atoms with E-state index in [1.54, 1.807) is 0 Å². The second-order valence-electron chi connectivity index (χ2n) is 4.26. The number of carbonyl (C=O) groups excluding carboxylic acids is 1. The SMILES string of the molecule is CC1=C(C)[C@H]2C3C(=O)[C@@H]1C=C[C@H]32. The number of Topliss-reactive ketones (excluding diaryl/α,β-unsaturated/α-hetero) is 1. The van der Waals surface area contributed by atoms with Gasteiger partial charge in [-0.1, -0.05) is 23.3 Å². The predicted octanol–water partition coefficient (Wildman–Crippen LogP) is 1.95. The Labute approximate surface area is 72.2 Å². The molecule has 0 heterocycles. The first-order valence-electron chi connectivity index (χ1n) is 4.61. The Morgan fingerprint density at radius 2 is 1.83 bits per heavy atom. The molecule has 0 N–H and O–H groups in total. The smallest absolute Gasteiger partial charge is 0.148 e. The van der Waals surface area contributed by atoms with Crippen LogP contribution in [-0.2, 0) is 4.79 Å². The van der Waals surface area contributed by atoms with Gasteiger partial charge in [-0.15, -0.1) is 0 Å². The van der Waals surface area contributed by atoms with Crippen molar-refractivity contribution >= 4 is 5.78 Å². The second kappa shape index (κ2) is 1.73. The molecule has 1 nitrogen and oxygen atoms in total. The topological polar surface area (TPSA) is 17.1 Å². The number of allylic oxidation sites excluding steroid dienone is 4. The fourth-order valence-electron chi connectivity index (χ4n) is 2.91. The van der Waals surface area contributed by atoms with Gasteiger partial charge in [0.1, 0.15) is 5.78 Å². The Morgan fingerprint density at radius 1 is 1.08 bits per heavy atom. The molecule has 1 heteroatoms. The largest absolute Gasteiger partial charge is 0.298 e. The van der Waals surface area contributed by atoms with Crippen LogP contribution in [0, 0.1) is 23.7 Å². The van der Waals surface area contributed by atoms with Crippen molar-refractivity contribution in [3.8, 4) is 0 Å². The molecule has 0 saturated heterocycles. The van der Waals surface area contributed by atoms with Gasteiger partial charge in [-0.25, -0.2) is 0 Å². The van der Waals surface area contributed by atoms with Gasteiger partial charge in [-0.2, -0.15) is 0 Å². The van der Waals surface area contributed by atoms with Crippen molar-refractivity contribution in [2.24, 2.45) is 23.7 Å². The van der Waals surface area contributed by atoms with E-state index < -0.39 is 0 Å². The fourth-order valence-corrected chi connectivity index (χ4v) is 2.91. The van der Waals surface area contributed by atoms with Crippen molar-refractivity contribution in [2.75, 3.05) is 0 Å². The molecule has 3 rings (SSSR count). The zero-order valence-electron chi connectivity index (χ0n) is 7.37. The molecule has 0 aliphatic heterocycles. The summed E-state index contributed by atoms with van der Waals surface area (Å²) in [6.07, 6.45) is 4.36. The van der Waals surface area contributed by atoms with E-state index in [0.29, 0.717) is 23.5 Å². The molecule has 1 fully saturated rings. The summed E-state index contributed by atoms with van der Waals surface area (Å²) >= 11 is 0. The van der Waals surface area contributed by atoms with Gasteiger partial charge in [0.15, 0.2) is 0 Å². The summed E-state index contributed by atoms with van der Waals surface area (Å²) in [5.41, 5.74) is 2.80. The second-order valence-corrected chi connectivity index (χ2v) is 4.26. The van der Waals surface area contributed by atoms with E-state index in [1.165, 1.54) is 11.1 Å². The van der Waals surface area contributed by atoms with E-state index in [2.05, 4.69) is 26.0 Å². The van der Waals surface area contributed by atoms with Crippen molar-refractivity contribution in [1.29, 1.82) is 0 Å². The number of carbonyl (C=O) groups is 1. The van der Waals surface area contributed by atoms with E-state index in [-0.39, 0.29) is 5.92 Å². The molecule has 12 heavy (non-hydrogen) atoms. The van der Waals surface area contributed by atoms with Gasteiger partial charge in [0.05, 0.1) is 5.92 Å². The van der Waals surface area contributed by atoms with Crippen LogP contribution in [0.4, 0.5) is 0 Å². The lowest BCUT2D eigenvalue weighted by molar-refractivity contribution is -0.122. The van der Waals surface area contributed by atoms with Crippen LogP contribution in [0.2, 0.25) is 0 Å². The lowest BCUT2D eigenvalue weighted by Crippen LogP contribution is -2.23. The van der Waals surface area contributed by atoms with Crippen LogP contribution in [0.1, 0.15) is 13.8 Å². The molecule has 0 aromatic heterocycles. The standard InChI is InChI=1S/C11H12O/c1-5-6(2)9-8-4-3-7(5)11(12)10(8)9/h3-4,7-10H,1-2H3/t7-,8+,9-,10?/m1/s1. The Morgan fingerprint density at radius 3 is 2.58 bits per heavy atom. The van der Waals surface area contributed by atoms with Gasteiger partial charge >= 0.3 is 0 Å². The van der Waals surface area contributed by atoms with E-state index in [4.69, 9.17) is 0 Å². The van der Waals surface area contributed by atoms with Crippen LogP contribution in [0.5, 0.6) is 0 Å². The maximum absolute atomic E-state index is 11.7. The average Bonchev–Trinajstić information content (AvgIpc) is 2.77. The molecule has 1 unspecified atom stereocenters. The molecule has 62 valence electrons. The van der Waals surface area contributed by atoms with E-state index in [1.807, 2.05) is 0 Å². The number of ketones is 1. The highest BCUT2D eigenvalue weighted by atomic mass is 16.1. The third-order valence-electron chi connectivity index (χ3n) is 3.82. The van der Waals surface area contributed by atoms with Gasteiger partial charge in [0.25, 0.3) is 0 Å². The van der Waals surface area contributed by atoms with Crippen LogP contribution in [0.3, 0.4) is 0 Å². The lowest BCUT2D eigenvalue weighted by atomic mass is 9.82. The Bertz CT molecular complexity index is 335. The van der Waals surface area contributed by atoms with Crippen LogP contribution < -0.4 is 0 Å². The fraction of sp³-hybridized carbons (Fsp3) is 0.545. The summed E-state index contributed by atoms with van der Waals surface area (Å²) in [5.74, 6) is 2.17. The van der Waals surface area contributed by atoms with Crippen molar-refractivity contribution in [1.82, 2.24) is 0 Å². The van der Waals surface area contributed by atoms with Gasteiger partial charge in [-0.3, -0.25) is 4.79 Å². The predicted molar refractivity (Wildman–Crippen MR) is 46.5 cm³/mol. The molecule has 4 atom stereocenters. The monoisotopic (exact) mass is 160 g/mol. The van der Waals surface area contributed by atoms with E-state index in [0.717, 1.165) is 0 Å². The maximum atomic E-state index is 11.7. The molecule has 0 spiro atoms. The minimum atomic E-state index is 0.144. The Kier molecular flexibility index (Phi) is 0.959. The number of hydrogen-bond donors (Lipinski definition) is 0. The van der Waals surface area contributed by atoms with Crippen molar-refractivity contribution in [3.63, 3.8) is 0 Å². The number of hydrogen-bond acceptors (Lipinski definition) is 1. The van der Waals surface area contributed by atoms with Crippen molar-refractivity contribution in [2.45, 2.75) is 13.8 Å². The zero-order valence-corrected chi connectivity index (χ0v) is 7.37. The summed E-state index contributed by atoms with van der Waals surface area (Å²) in [7, 11) is 0. The summed E-state index contributed by atoms with van der Waals surface area (Å²) < 4.78 is 0. The molecule has 3 aliphatic rings. The Balaban J connectivity index is 2.23. The molecule has 2 bridgehead atoms. The normalized spacial score (nSPS) is 48.3. The molecule has 0 amide bonds. The summed E-state index contributed by atoms with van der Waals surface area (Å²) in [6, 6.07) is 0. The van der Waals surface area contributed by atoms with E-state index in [9.17, 15) is 4.79 Å². The third-order valence-corrected chi connectivity index (χ3v) is 3.82.